The number of benzene rings is 2. The van der Waals surface area contributed by atoms with E-state index in [9.17, 15) is 4.79 Å². The van der Waals surface area contributed by atoms with Gasteiger partial charge in [0.15, 0.2) is 6.10 Å². The highest BCUT2D eigenvalue weighted by atomic mass is 32.1. The second-order valence-electron chi connectivity index (χ2n) is 8.05. The Kier molecular flexibility index (Phi) is 5.81. The third-order valence-corrected chi connectivity index (χ3v) is 6.05. The molecular formula is C24H23N7O2S. The molecule has 3 heterocycles. The molecule has 0 spiro atoms. The maximum atomic E-state index is 12.3. The molecule has 5 rings (SSSR count). The quantitative estimate of drug-likeness (QED) is 0.380. The molecule has 172 valence electrons. The van der Waals surface area contributed by atoms with Crippen LogP contribution in [0.4, 0.5) is 11.5 Å². The number of nitrogens with one attached hydrogen (secondary N) is 1. The van der Waals surface area contributed by atoms with Gasteiger partial charge in [0, 0.05) is 30.5 Å². The number of aromatic nitrogens is 5. The van der Waals surface area contributed by atoms with Gasteiger partial charge in [-0.3, -0.25) is 9.48 Å². The Morgan fingerprint density at radius 1 is 1.21 bits per heavy atom. The zero-order valence-electron chi connectivity index (χ0n) is 19.0. The smallest absolute Gasteiger partial charge is 0.262 e. The molecular weight excluding hydrogens is 450 g/mol. The van der Waals surface area contributed by atoms with Crippen LogP contribution < -0.4 is 10.1 Å². The van der Waals surface area contributed by atoms with Crippen molar-refractivity contribution in [3.05, 3.63) is 65.5 Å². The van der Waals surface area contributed by atoms with Gasteiger partial charge >= 0.3 is 0 Å². The van der Waals surface area contributed by atoms with Gasteiger partial charge in [0.2, 0.25) is 0 Å². The lowest BCUT2D eigenvalue weighted by molar-refractivity contribution is -0.135. The van der Waals surface area contributed by atoms with Crippen molar-refractivity contribution in [3.63, 3.8) is 0 Å². The van der Waals surface area contributed by atoms with Crippen LogP contribution in [0.5, 0.6) is 5.75 Å². The number of carbonyl (C=O) groups is 1. The number of thiazole rings is 1. The molecule has 0 unspecified atom stereocenters. The molecule has 0 fully saturated rings. The monoisotopic (exact) mass is 473 g/mol. The molecule has 0 bridgehead atoms. The van der Waals surface area contributed by atoms with Gasteiger partial charge in [0.1, 0.15) is 17.9 Å². The Labute approximate surface area is 200 Å². The number of amides is 1. The van der Waals surface area contributed by atoms with Gasteiger partial charge in [0.25, 0.3) is 5.91 Å². The summed E-state index contributed by atoms with van der Waals surface area (Å²) in [5.74, 6) is 1.02. The van der Waals surface area contributed by atoms with Crippen molar-refractivity contribution in [3.8, 4) is 5.75 Å². The summed E-state index contributed by atoms with van der Waals surface area (Å²) >= 11 is 1.57. The third-order valence-electron chi connectivity index (χ3n) is 5.42. The Balaban J connectivity index is 1.46. The van der Waals surface area contributed by atoms with Crippen LogP contribution in [0.2, 0.25) is 0 Å². The second kappa shape index (κ2) is 9.06. The van der Waals surface area contributed by atoms with Crippen LogP contribution in [0.3, 0.4) is 0 Å². The van der Waals surface area contributed by atoms with Gasteiger partial charge in [-0.15, -0.1) is 11.3 Å². The minimum atomic E-state index is -0.645. The van der Waals surface area contributed by atoms with Crippen LogP contribution in [0.25, 0.3) is 21.8 Å². The Bertz CT molecular complexity index is 1460. The minimum Gasteiger partial charge on any atom is -0.480 e. The van der Waals surface area contributed by atoms with Gasteiger partial charge < -0.3 is 15.0 Å². The topological polar surface area (TPSA) is 98.1 Å². The fourth-order valence-electron chi connectivity index (χ4n) is 3.77. The average Bonchev–Trinajstić information content (AvgIpc) is 3.49. The first-order valence-corrected chi connectivity index (χ1v) is 11.6. The molecule has 0 saturated carbocycles. The van der Waals surface area contributed by atoms with E-state index in [1.807, 2.05) is 58.2 Å². The second-order valence-corrected chi connectivity index (χ2v) is 8.76. The predicted octanol–water partition coefficient (Wildman–Crippen LogP) is 4.08. The summed E-state index contributed by atoms with van der Waals surface area (Å²) < 4.78 is 7.96. The molecule has 0 saturated heterocycles. The standard InChI is InChI=1S/C24H23N7O2S/c1-15(24(32)30(2)3)33-21-6-4-5-19-22(21)23(26-13-25-19)29-17-7-8-20-16(9-17)10-28-31(20)11-18-12-34-14-27-18/h4-10,12-15H,11H2,1-3H3,(H,25,26,29)/t15-/m0/s1. The van der Waals surface area contributed by atoms with E-state index in [1.165, 1.54) is 11.2 Å². The number of fused-ring (bicyclic) bond motifs is 2. The average molecular weight is 474 g/mol. The maximum absolute atomic E-state index is 12.3. The largest absolute Gasteiger partial charge is 0.480 e. The van der Waals surface area contributed by atoms with Crippen LogP contribution in [-0.4, -0.2) is 55.7 Å². The zero-order valence-corrected chi connectivity index (χ0v) is 19.8. The van der Waals surface area contributed by atoms with Gasteiger partial charge in [0.05, 0.1) is 40.4 Å². The Morgan fingerprint density at radius 2 is 2.09 bits per heavy atom. The number of likely N-dealkylation sites (N-methyl/N-ethyl adjacent to an activating group) is 1. The van der Waals surface area contributed by atoms with Crippen molar-refractivity contribution in [2.24, 2.45) is 0 Å². The van der Waals surface area contributed by atoms with E-state index in [-0.39, 0.29) is 5.91 Å². The first-order chi connectivity index (χ1) is 16.5. The van der Waals surface area contributed by atoms with Crippen molar-refractivity contribution in [1.82, 2.24) is 29.6 Å². The molecule has 2 aromatic carbocycles. The molecule has 5 aromatic rings. The molecule has 3 aromatic heterocycles. The summed E-state index contributed by atoms with van der Waals surface area (Å²) in [5.41, 5.74) is 5.40. The van der Waals surface area contributed by atoms with Gasteiger partial charge in [-0.25, -0.2) is 15.0 Å². The first-order valence-electron chi connectivity index (χ1n) is 10.7. The lowest BCUT2D eigenvalue weighted by Crippen LogP contribution is -2.35. The lowest BCUT2D eigenvalue weighted by Gasteiger charge is -2.20. The highest BCUT2D eigenvalue weighted by Crippen LogP contribution is 2.33. The summed E-state index contributed by atoms with van der Waals surface area (Å²) in [6.45, 7) is 2.36. The van der Waals surface area contributed by atoms with Crippen LogP contribution in [0.1, 0.15) is 12.6 Å². The van der Waals surface area contributed by atoms with E-state index < -0.39 is 6.10 Å². The van der Waals surface area contributed by atoms with E-state index in [2.05, 4.69) is 25.4 Å². The summed E-state index contributed by atoms with van der Waals surface area (Å²) in [7, 11) is 3.41. The summed E-state index contributed by atoms with van der Waals surface area (Å²) in [5, 5.41) is 11.6. The fraction of sp³-hybridized carbons (Fsp3) is 0.208. The molecule has 1 amide bonds. The zero-order chi connectivity index (χ0) is 23.7. The van der Waals surface area contributed by atoms with Crippen LogP contribution >= 0.6 is 11.3 Å². The molecule has 34 heavy (non-hydrogen) atoms. The summed E-state index contributed by atoms with van der Waals surface area (Å²) in [6.07, 6.45) is 2.70. The first kappa shape index (κ1) is 21.8. The van der Waals surface area contributed by atoms with Crippen LogP contribution in [-0.2, 0) is 11.3 Å². The fourth-order valence-corrected chi connectivity index (χ4v) is 4.32. The van der Waals surface area contributed by atoms with Crippen molar-refractivity contribution in [1.29, 1.82) is 0 Å². The van der Waals surface area contributed by atoms with E-state index >= 15 is 0 Å². The molecule has 1 N–H and O–H groups in total. The van der Waals surface area contributed by atoms with E-state index in [0.29, 0.717) is 23.5 Å². The molecule has 0 radical (unpaired) electrons. The summed E-state index contributed by atoms with van der Waals surface area (Å²) in [4.78, 5) is 27.0. The van der Waals surface area contributed by atoms with Gasteiger partial charge in [-0.05, 0) is 37.3 Å². The number of anilines is 2. The third kappa shape index (κ3) is 4.27. The molecule has 9 nitrogen and oxygen atoms in total. The maximum Gasteiger partial charge on any atom is 0.262 e. The Morgan fingerprint density at radius 3 is 2.88 bits per heavy atom. The van der Waals surface area contributed by atoms with Crippen LogP contribution in [0, 0.1) is 0 Å². The molecule has 0 aliphatic carbocycles. The highest BCUT2D eigenvalue weighted by Gasteiger charge is 2.19. The number of hydrogen-bond acceptors (Lipinski definition) is 8. The number of ether oxygens (including phenoxy) is 1. The van der Waals surface area contributed by atoms with Crippen LogP contribution in [0.15, 0.2) is 59.8 Å². The van der Waals surface area contributed by atoms with E-state index in [1.54, 1.807) is 32.4 Å². The number of rotatable bonds is 7. The van der Waals surface area contributed by atoms with Crippen molar-refractivity contribution in [2.75, 3.05) is 19.4 Å². The van der Waals surface area contributed by atoms with Gasteiger partial charge in [-0.1, -0.05) is 6.07 Å². The lowest BCUT2D eigenvalue weighted by atomic mass is 10.2. The predicted molar refractivity (Wildman–Crippen MR) is 133 cm³/mol. The van der Waals surface area contributed by atoms with Crippen molar-refractivity contribution in [2.45, 2.75) is 19.6 Å². The highest BCUT2D eigenvalue weighted by molar-refractivity contribution is 7.07. The number of carbonyl (C=O) groups excluding carboxylic acids is 1. The summed E-state index contributed by atoms with van der Waals surface area (Å²) in [6, 6.07) is 11.6. The van der Waals surface area contributed by atoms with E-state index in [0.717, 1.165) is 27.8 Å². The Hall–Kier alpha value is -4.05. The minimum absolute atomic E-state index is 0.122. The van der Waals surface area contributed by atoms with E-state index in [4.69, 9.17) is 4.74 Å². The number of nitrogens with zero attached hydrogens (tertiary/aromatic N) is 6. The number of hydrogen-bond donors (Lipinski definition) is 1. The van der Waals surface area contributed by atoms with Gasteiger partial charge in [-0.2, -0.15) is 5.10 Å². The van der Waals surface area contributed by atoms with Crippen molar-refractivity contribution >= 4 is 50.6 Å². The molecule has 10 heteroatoms. The van der Waals surface area contributed by atoms with Crippen molar-refractivity contribution < 1.29 is 9.53 Å². The molecule has 1 atom stereocenters. The normalized spacial score (nSPS) is 12.1. The molecule has 0 aliphatic rings. The SMILES string of the molecule is C[C@H](Oc1cccc2ncnc(Nc3ccc4c(cnn4Cc4cscn4)c3)c12)C(=O)N(C)C. The molecule has 0 aliphatic heterocycles.